The van der Waals surface area contributed by atoms with Crippen molar-refractivity contribution in [3.8, 4) is 0 Å². The first-order valence-electron chi connectivity index (χ1n) is 10.5. The Hall–Kier alpha value is -2.85. The molecule has 0 bridgehead atoms. The monoisotopic (exact) mass is 485 g/mol. The summed E-state index contributed by atoms with van der Waals surface area (Å²) in [6.07, 6.45) is -0.871. The molecule has 0 radical (unpaired) electrons. The highest BCUT2D eigenvalue weighted by atomic mass is 35.5. The highest BCUT2D eigenvalue weighted by Crippen LogP contribution is 2.06. The van der Waals surface area contributed by atoms with Crippen molar-refractivity contribution >= 4 is 35.5 Å². The van der Waals surface area contributed by atoms with Gasteiger partial charge in [-0.25, -0.2) is 4.79 Å². The van der Waals surface area contributed by atoms with Gasteiger partial charge >= 0.3 is 12.1 Å². The number of halogens is 1. The number of hydrogen-bond acceptors (Lipinski definition) is 7. The molecular weight excluding hydrogens is 454 g/mol. The Kier molecular flexibility index (Phi) is 12.9. The number of hydrogen-bond donors (Lipinski definition) is 3. The molecule has 3 N–H and O–H groups in total. The molecule has 0 fully saturated rings. The van der Waals surface area contributed by atoms with Gasteiger partial charge < -0.3 is 30.2 Å². The largest absolute Gasteiger partial charge is 0.469 e. The number of methoxy groups -OCH3 is 1. The van der Waals surface area contributed by atoms with Gasteiger partial charge in [0.15, 0.2) is 0 Å². The number of alkyl halides is 1. The zero-order valence-electron chi connectivity index (χ0n) is 19.3. The Labute approximate surface area is 198 Å². The summed E-state index contributed by atoms with van der Waals surface area (Å²) in [7, 11) is 1.23. The van der Waals surface area contributed by atoms with Crippen molar-refractivity contribution in [1.29, 1.82) is 0 Å². The summed E-state index contributed by atoms with van der Waals surface area (Å²) in [4.78, 5) is 48.9. The molecule has 0 aliphatic rings. The van der Waals surface area contributed by atoms with E-state index in [2.05, 4.69) is 20.7 Å². The normalized spacial score (nSPS) is 13.4. The van der Waals surface area contributed by atoms with Gasteiger partial charge in [0.1, 0.15) is 24.8 Å². The fraction of sp³-hybridized carbons (Fsp3) is 0.545. The Morgan fingerprint density at radius 2 is 1.64 bits per heavy atom. The molecule has 33 heavy (non-hydrogen) atoms. The van der Waals surface area contributed by atoms with Gasteiger partial charge in [-0.2, -0.15) is 0 Å². The van der Waals surface area contributed by atoms with Crippen LogP contribution in [0.1, 0.15) is 32.8 Å². The molecule has 10 nitrogen and oxygen atoms in total. The van der Waals surface area contributed by atoms with Gasteiger partial charge in [0.05, 0.1) is 26.2 Å². The summed E-state index contributed by atoms with van der Waals surface area (Å²) in [5.41, 5.74) is 0.808. The Bertz CT molecular complexity index is 777. The molecule has 0 heterocycles. The molecular formula is C22H32ClN3O7. The number of nitrogens with one attached hydrogen (secondary N) is 3. The molecule has 1 aromatic carbocycles. The fourth-order valence-electron chi connectivity index (χ4n) is 2.74. The molecule has 0 saturated carbocycles. The molecule has 11 heteroatoms. The van der Waals surface area contributed by atoms with Gasteiger partial charge in [-0.05, 0) is 18.4 Å². The van der Waals surface area contributed by atoms with Crippen molar-refractivity contribution in [1.82, 2.24) is 16.0 Å². The van der Waals surface area contributed by atoms with Crippen molar-refractivity contribution in [2.24, 2.45) is 5.92 Å². The average molecular weight is 486 g/mol. The van der Waals surface area contributed by atoms with Crippen LogP contribution in [0, 0.1) is 5.92 Å². The number of esters is 1. The van der Waals surface area contributed by atoms with Crippen LogP contribution in [0.5, 0.6) is 0 Å². The summed E-state index contributed by atoms with van der Waals surface area (Å²) in [6.45, 7) is 5.04. The first kappa shape index (κ1) is 28.2. The van der Waals surface area contributed by atoms with E-state index >= 15 is 0 Å². The lowest BCUT2D eigenvalue weighted by Gasteiger charge is -2.25. The highest BCUT2D eigenvalue weighted by molar-refractivity contribution is 6.17. The number of alkyl carbamates (subject to hydrolysis) is 1. The lowest BCUT2D eigenvalue weighted by Crippen LogP contribution is -2.55. The van der Waals surface area contributed by atoms with Crippen molar-refractivity contribution in [2.45, 2.75) is 51.9 Å². The minimum Gasteiger partial charge on any atom is -0.469 e. The molecule has 0 unspecified atom stereocenters. The number of amides is 3. The molecule has 0 spiro atoms. The van der Waals surface area contributed by atoms with E-state index in [1.165, 1.54) is 14.0 Å². The van der Waals surface area contributed by atoms with Crippen molar-refractivity contribution in [3.05, 3.63) is 35.9 Å². The van der Waals surface area contributed by atoms with E-state index in [-0.39, 0.29) is 31.6 Å². The van der Waals surface area contributed by atoms with Crippen LogP contribution in [-0.4, -0.2) is 61.8 Å². The molecule has 0 saturated heterocycles. The van der Waals surface area contributed by atoms with E-state index < -0.39 is 42.0 Å². The first-order chi connectivity index (χ1) is 15.7. The van der Waals surface area contributed by atoms with Crippen molar-refractivity contribution < 1.29 is 33.4 Å². The molecule has 184 valence electrons. The third kappa shape index (κ3) is 11.0. The molecule has 1 aromatic rings. The summed E-state index contributed by atoms with van der Waals surface area (Å²) in [5, 5.41) is 7.72. The Morgan fingerprint density at radius 3 is 2.21 bits per heavy atom. The van der Waals surface area contributed by atoms with Gasteiger partial charge in [0.25, 0.3) is 0 Å². The predicted octanol–water partition coefficient (Wildman–Crippen LogP) is 1.70. The van der Waals surface area contributed by atoms with E-state index in [1.54, 1.807) is 13.8 Å². The topological polar surface area (TPSA) is 132 Å². The maximum absolute atomic E-state index is 12.7. The zero-order valence-corrected chi connectivity index (χ0v) is 20.0. The number of ether oxygens (including phenoxy) is 3. The molecule has 0 aromatic heterocycles. The van der Waals surface area contributed by atoms with Crippen LogP contribution in [-0.2, 0) is 35.2 Å². The lowest BCUT2D eigenvalue weighted by atomic mass is 10.0. The van der Waals surface area contributed by atoms with E-state index in [9.17, 15) is 19.2 Å². The van der Waals surface area contributed by atoms with Crippen molar-refractivity contribution in [2.75, 3.05) is 19.8 Å². The summed E-state index contributed by atoms with van der Waals surface area (Å²) in [6, 6.07) is 6.46. The maximum atomic E-state index is 12.7. The SMILES string of the molecule is COC(=O)C[C@@H](COCCl)NC(=O)[C@H](C)NC(=O)[C@@H](NC(=O)OCc1ccccc1)C(C)C. The number of rotatable bonds is 13. The molecule has 3 amide bonds. The predicted molar refractivity (Wildman–Crippen MR) is 121 cm³/mol. The molecule has 3 atom stereocenters. The molecule has 1 rings (SSSR count). The number of carbonyl (C=O) groups is 4. The second kappa shape index (κ2) is 15.1. The van der Waals surface area contributed by atoms with Crippen LogP contribution >= 0.6 is 11.6 Å². The third-order valence-corrected chi connectivity index (χ3v) is 4.72. The van der Waals surface area contributed by atoms with E-state index in [1.807, 2.05) is 30.3 Å². The van der Waals surface area contributed by atoms with Gasteiger partial charge in [0, 0.05) is 0 Å². The van der Waals surface area contributed by atoms with Gasteiger partial charge in [-0.1, -0.05) is 55.8 Å². The highest BCUT2D eigenvalue weighted by Gasteiger charge is 2.28. The molecule has 0 aliphatic carbocycles. The summed E-state index contributed by atoms with van der Waals surface area (Å²) in [5.74, 6) is -1.89. The van der Waals surface area contributed by atoms with Gasteiger partial charge in [0.2, 0.25) is 11.8 Å². The minimum atomic E-state index is -0.947. The third-order valence-electron chi connectivity index (χ3n) is 4.57. The number of carbonyl (C=O) groups excluding carboxylic acids is 4. The minimum absolute atomic E-state index is 0.00552. The quantitative estimate of drug-likeness (QED) is 0.286. The second-order valence-electron chi connectivity index (χ2n) is 7.62. The lowest BCUT2D eigenvalue weighted by molar-refractivity contribution is -0.142. The van der Waals surface area contributed by atoms with E-state index in [0.29, 0.717) is 0 Å². The van der Waals surface area contributed by atoms with E-state index in [4.69, 9.17) is 21.1 Å². The Morgan fingerprint density at radius 1 is 0.970 bits per heavy atom. The second-order valence-corrected chi connectivity index (χ2v) is 7.84. The number of benzene rings is 1. The van der Waals surface area contributed by atoms with Crippen LogP contribution in [0.3, 0.4) is 0 Å². The van der Waals surface area contributed by atoms with Crippen LogP contribution < -0.4 is 16.0 Å². The smallest absolute Gasteiger partial charge is 0.408 e. The van der Waals surface area contributed by atoms with Gasteiger partial charge in [-0.15, -0.1) is 0 Å². The Balaban J connectivity index is 2.63. The van der Waals surface area contributed by atoms with E-state index in [0.717, 1.165) is 5.56 Å². The maximum Gasteiger partial charge on any atom is 0.408 e. The van der Waals surface area contributed by atoms with Crippen LogP contribution in [0.25, 0.3) is 0 Å². The van der Waals surface area contributed by atoms with Crippen molar-refractivity contribution in [3.63, 3.8) is 0 Å². The fourth-order valence-corrected chi connectivity index (χ4v) is 2.83. The zero-order chi connectivity index (χ0) is 24.8. The van der Waals surface area contributed by atoms with Crippen LogP contribution in [0.2, 0.25) is 0 Å². The average Bonchev–Trinajstić information content (AvgIpc) is 2.79. The summed E-state index contributed by atoms with van der Waals surface area (Å²) < 4.78 is 14.8. The van der Waals surface area contributed by atoms with Gasteiger partial charge in [-0.3, -0.25) is 14.4 Å². The molecule has 0 aliphatic heterocycles. The standard InChI is InChI=1S/C22H32ClN3O7/c1-14(2)19(26-22(30)33-11-16-8-6-5-7-9-16)21(29)24-15(3)20(28)25-17(12-32-13-23)10-18(27)31-4/h5-9,14-15,17,19H,10-13H2,1-4H3,(H,24,29)(H,25,28)(H,26,30)/t15-,17-,19-/m0/s1. The first-order valence-corrected chi connectivity index (χ1v) is 11.0. The summed E-state index contributed by atoms with van der Waals surface area (Å²) >= 11 is 5.49. The van der Waals surface area contributed by atoms with Crippen LogP contribution in [0.15, 0.2) is 30.3 Å². The van der Waals surface area contributed by atoms with Crippen LogP contribution in [0.4, 0.5) is 4.79 Å².